The Kier molecular flexibility index (Phi) is 3.41. The zero-order chi connectivity index (χ0) is 14.0. The van der Waals surface area contributed by atoms with Crippen molar-refractivity contribution in [2.45, 2.75) is 13.5 Å². The Morgan fingerprint density at radius 3 is 2.74 bits per heavy atom. The van der Waals surface area contributed by atoms with Crippen molar-refractivity contribution in [1.82, 2.24) is 5.16 Å². The van der Waals surface area contributed by atoms with E-state index >= 15 is 0 Å². The molecule has 0 spiro atoms. The quantitative estimate of drug-likeness (QED) is 0.807. The van der Waals surface area contributed by atoms with E-state index in [-0.39, 0.29) is 0 Å². The van der Waals surface area contributed by atoms with Gasteiger partial charge >= 0.3 is 0 Å². The first-order valence-electron chi connectivity index (χ1n) is 5.80. The van der Waals surface area contributed by atoms with Gasteiger partial charge in [-0.2, -0.15) is 0 Å². The molecular formula is C13H16N4O2. The monoisotopic (exact) mass is 260 g/mol. The Balaban J connectivity index is 2.29. The normalized spacial score (nSPS) is 10.4. The Labute approximate surface area is 111 Å². The van der Waals surface area contributed by atoms with E-state index in [4.69, 9.17) is 16.0 Å². The molecule has 0 unspecified atom stereocenters. The summed E-state index contributed by atoms with van der Waals surface area (Å²) in [5.74, 6) is 0.254. The third-order valence-corrected chi connectivity index (χ3v) is 2.77. The van der Waals surface area contributed by atoms with Crippen molar-refractivity contribution in [1.29, 1.82) is 0 Å². The molecule has 0 aliphatic heterocycles. The van der Waals surface area contributed by atoms with Gasteiger partial charge in [-0.15, -0.1) is 0 Å². The molecule has 0 fully saturated rings. The highest BCUT2D eigenvalue weighted by atomic mass is 16.5. The largest absolute Gasteiger partial charge is 0.399 e. The van der Waals surface area contributed by atoms with Crippen LogP contribution in [0.5, 0.6) is 0 Å². The number of hydrogen-bond acceptors (Lipinski definition) is 5. The molecule has 0 bridgehead atoms. The number of primary amides is 1. The van der Waals surface area contributed by atoms with Crippen molar-refractivity contribution in [3.8, 4) is 0 Å². The van der Waals surface area contributed by atoms with Crippen molar-refractivity contribution in [3.05, 3.63) is 41.3 Å². The van der Waals surface area contributed by atoms with Gasteiger partial charge in [0.05, 0.1) is 17.8 Å². The highest BCUT2D eigenvalue weighted by Gasteiger charge is 2.14. The van der Waals surface area contributed by atoms with E-state index in [1.54, 1.807) is 18.2 Å². The lowest BCUT2D eigenvalue weighted by atomic mass is 10.1. The molecule has 0 aliphatic rings. The summed E-state index contributed by atoms with van der Waals surface area (Å²) in [5, 5.41) is 3.91. The highest BCUT2D eigenvalue weighted by Crippen LogP contribution is 2.23. The van der Waals surface area contributed by atoms with Gasteiger partial charge in [0.15, 0.2) is 0 Å². The lowest BCUT2D eigenvalue weighted by molar-refractivity contribution is 0.100. The molecule has 0 aliphatic carbocycles. The van der Waals surface area contributed by atoms with Crippen LogP contribution in [0.15, 0.2) is 28.8 Å². The molecule has 4 N–H and O–H groups in total. The summed E-state index contributed by atoms with van der Waals surface area (Å²) >= 11 is 0. The van der Waals surface area contributed by atoms with E-state index in [1.807, 2.05) is 24.9 Å². The minimum Gasteiger partial charge on any atom is -0.399 e. The SMILES string of the molecule is Cc1cc(CN(C)c2cc(N)ccc2C(N)=O)no1. The van der Waals surface area contributed by atoms with Crippen molar-refractivity contribution in [2.75, 3.05) is 17.7 Å². The summed E-state index contributed by atoms with van der Waals surface area (Å²) in [5.41, 5.74) is 13.6. The van der Waals surface area contributed by atoms with Crippen LogP contribution in [0.2, 0.25) is 0 Å². The maximum atomic E-state index is 11.4. The van der Waals surface area contributed by atoms with E-state index in [1.165, 1.54) is 0 Å². The van der Waals surface area contributed by atoms with E-state index in [0.29, 0.717) is 23.5 Å². The molecule has 0 saturated carbocycles. The first kappa shape index (κ1) is 12.9. The van der Waals surface area contributed by atoms with Crippen molar-refractivity contribution in [3.63, 3.8) is 0 Å². The van der Waals surface area contributed by atoms with Crippen LogP contribution in [0, 0.1) is 6.92 Å². The minimum absolute atomic E-state index is 0.428. The van der Waals surface area contributed by atoms with Crippen LogP contribution in [0.4, 0.5) is 11.4 Å². The average Bonchev–Trinajstić information content (AvgIpc) is 2.74. The number of benzene rings is 1. The Morgan fingerprint density at radius 1 is 1.42 bits per heavy atom. The number of nitrogens with two attached hydrogens (primary N) is 2. The van der Waals surface area contributed by atoms with Gasteiger partial charge < -0.3 is 20.9 Å². The fourth-order valence-electron chi connectivity index (χ4n) is 1.89. The number of rotatable bonds is 4. The second kappa shape index (κ2) is 5.01. The fraction of sp³-hybridized carbons (Fsp3) is 0.231. The number of anilines is 2. The molecule has 100 valence electrons. The predicted octanol–water partition coefficient (Wildman–Crippen LogP) is 1.30. The molecule has 0 saturated heterocycles. The molecule has 6 nitrogen and oxygen atoms in total. The molecule has 1 aromatic heterocycles. The first-order chi connectivity index (χ1) is 8.97. The molecule has 1 heterocycles. The van der Waals surface area contributed by atoms with Crippen LogP contribution in [0.25, 0.3) is 0 Å². The van der Waals surface area contributed by atoms with E-state index in [2.05, 4.69) is 5.16 Å². The zero-order valence-corrected chi connectivity index (χ0v) is 10.9. The number of nitrogen functional groups attached to an aromatic ring is 1. The molecule has 19 heavy (non-hydrogen) atoms. The number of aromatic nitrogens is 1. The van der Waals surface area contributed by atoms with Gasteiger partial charge in [0.2, 0.25) is 0 Å². The van der Waals surface area contributed by atoms with Crippen LogP contribution in [-0.4, -0.2) is 18.1 Å². The summed E-state index contributed by atoms with van der Waals surface area (Å²) in [6.07, 6.45) is 0. The Hall–Kier alpha value is -2.50. The van der Waals surface area contributed by atoms with E-state index < -0.39 is 5.91 Å². The molecule has 1 aromatic carbocycles. The lowest BCUT2D eigenvalue weighted by Crippen LogP contribution is -2.22. The van der Waals surface area contributed by atoms with Gasteiger partial charge in [0.25, 0.3) is 5.91 Å². The minimum atomic E-state index is -0.488. The van der Waals surface area contributed by atoms with Gasteiger partial charge in [-0.3, -0.25) is 4.79 Å². The van der Waals surface area contributed by atoms with Crippen molar-refractivity contribution >= 4 is 17.3 Å². The van der Waals surface area contributed by atoms with Crippen LogP contribution >= 0.6 is 0 Å². The van der Waals surface area contributed by atoms with Crippen LogP contribution in [-0.2, 0) is 6.54 Å². The van der Waals surface area contributed by atoms with Gasteiger partial charge in [-0.05, 0) is 25.1 Å². The lowest BCUT2D eigenvalue weighted by Gasteiger charge is -2.20. The summed E-state index contributed by atoms with van der Waals surface area (Å²) in [7, 11) is 1.84. The van der Waals surface area contributed by atoms with Crippen molar-refractivity contribution in [2.24, 2.45) is 5.73 Å². The topological polar surface area (TPSA) is 98.4 Å². The molecule has 0 atom stereocenters. The smallest absolute Gasteiger partial charge is 0.250 e. The maximum absolute atomic E-state index is 11.4. The molecule has 6 heteroatoms. The molecule has 2 aromatic rings. The standard InChI is InChI=1S/C13H16N4O2/c1-8-5-10(16-19-8)7-17(2)12-6-9(14)3-4-11(12)13(15)18/h3-6H,7,14H2,1-2H3,(H2,15,18). The van der Waals surface area contributed by atoms with Crippen LogP contribution in [0.1, 0.15) is 21.8 Å². The number of carbonyl (C=O) groups excluding carboxylic acids is 1. The highest BCUT2D eigenvalue weighted by molar-refractivity contribution is 5.99. The third-order valence-electron chi connectivity index (χ3n) is 2.77. The number of carbonyl (C=O) groups is 1. The third kappa shape index (κ3) is 2.85. The molecule has 1 amide bonds. The van der Waals surface area contributed by atoms with E-state index in [9.17, 15) is 4.79 Å². The number of aryl methyl sites for hydroxylation is 1. The number of amides is 1. The molecule has 2 rings (SSSR count). The summed E-state index contributed by atoms with van der Waals surface area (Å²) in [6.45, 7) is 2.33. The van der Waals surface area contributed by atoms with E-state index in [0.717, 1.165) is 11.5 Å². The summed E-state index contributed by atoms with van der Waals surface area (Å²) in [6, 6.07) is 6.83. The summed E-state index contributed by atoms with van der Waals surface area (Å²) < 4.78 is 5.01. The second-order valence-corrected chi connectivity index (χ2v) is 4.43. The van der Waals surface area contributed by atoms with Gasteiger partial charge in [-0.1, -0.05) is 5.16 Å². The van der Waals surface area contributed by atoms with Crippen molar-refractivity contribution < 1.29 is 9.32 Å². The molecule has 0 radical (unpaired) electrons. The fourth-order valence-corrected chi connectivity index (χ4v) is 1.89. The zero-order valence-electron chi connectivity index (χ0n) is 10.9. The molecular weight excluding hydrogens is 244 g/mol. The Morgan fingerprint density at radius 2 is 2.16 bits per heavy atom. The average molecular weight is 260 g/mol. The predicted molar refractivity (Wildman–Crippen MR) is 72.7 cm³/mol. The number of nitrogens with zero attached hydrogens (tertiary/aromatic N) is 2. The van der Waals surface area contributed by atoms with Gasteiger partial charge in [0, 0.05) is 18.8 Å². The number of hydrogen-bond donors (Lipinski definition) is 2. The summed E-state index contributed by atoms with van der Waals surface area (Å²) in [4.78, 5) is 13.3. The van der Waals surface area contributed by atoms with Gasteiger partial charge in [0.1, 0.15) is 11.5 Å². The maximum Gasteiger partial charge on any atom is 0.250 e. The second-order valence-electron chi connectivity index (χ2n) is 4.43. The van der Waals surface area contributed by atoms with Crippen LogP contribution in [0.3, 0.4) is 0 Å². The first-order valence-corrected chi connectivity index (χ1v) is 5.80. The van der Waals surface area contributed by atoms with Gasteiger partial charge in [-0.25, -0.2) is 0 Å². The van der Waals surface area contributed by atoms with Crippen LogP contribution < -0.4 is 16.4 Å². The Bertz CT molecular complexity index is 606.